The van der Waals surface area contributed by atoms with Gasteiger partial charge in [-0.05, 0) is 0 Å². The number of hydrogen-bond acceptors (Lipinski definition) is 0. The third kappa shape index (κ3) is 4.55. The molecule has 0 bridgehead atoms. The number of aryl methyl sites for hydroxylation is 1. The van der Waals surface area contributed by atoms with E-state index in [1.165, 1.54) is 61.4 Å². The summed E-state index contributed by atoms with van der Waals surface area (Å²) in [6, 6.07) is 32.6. The second-order valence-electron chi connectivity index (χ2n) is 15.8. The minimum absolute atomic E-state index is 0.487. The molecule has 0 aromatic heterocycles. The number of rotatable bonds is 11. The van der Waals surface area contributed by atoms with Crippen LogP contribution in [0.1, 0.15) is 80.1 Å². The Bertz CT molecular complexity index is 1750. The van der Waals surface area contributed by atoms with E-state index < -0.39 is 14.4 Å². The molecule has 0 fully saturated rings. The normalized spacial score (nSPS) is 17.8. The van der Waals surface area contributed by atoms with Gasteiger partial charge in [-0.15, -0.1) is 0 Å². The minimum atomic E-state index is -5.09. The Hall–Kier alpha value is -2.02. The molecule has 1 aliphatic rings. The van der Waals surface area contributed by atoms with E-state index in [-0.39, 0.29) is 0 Å². The summed E-state index contributed by atoms with van der Waals surface area (Å²) < 4.78 is 10.8. The maximum absolute atomic E-state index is 5.09. The Balaban J connectivity index is 2.06. The monoisotopic (exact) mass is 638 g/mol. The van der Waals surface area contributed by atoms with Crippen LogP contribution in [0.4, 0.5) is 0 Å². The van der Waals surface area contributed by atoms with Gasteiger partial charge < -0.3 is 0 Å². The van der Waals surface area contributed by atoms with Gasteiger partial charge in [-0.3, -0.25) is 0 Å². The Kier molecular flexibility index (Phi) is 7.44. The third-order valence-electron chi connectivity index (χ3n) is 11.8. The predicted molar refractivity (Wildman–Crippen MR) is 186 cm³/mol. The first kappa shape index (κ1) is 30.4. The van der Waals surface area contributed by atoms with Crippen LogP contribution in [0.5, 0.6) is 0 Å². The number of benzene rings is 4. The third-order valence-corrected chi connectivity index (χ3v) is 48.8. The van der Waals surface area contributed by atoms with Crippen LogP contribution in [0.15, 0.2) is 90.5 Å². The van der Waals surface area contributed by atoms with E-state index in [9.17, 15) is 0 Å². The first-order chi connectivity index (χ1) is 19.5. The van der Waals surface area contributed by atoms with Crippen LogP contribution in [0.25, 0.3) is 28.0 Å². The Morgan fingerprint density at radius 1 is 0.683 bits per heavy atom. The number of hydrogen-bond donors (Lipinski definition) is 0. The van der Waals surface area contributed by atoms with Gasteiger partial charge in [0.2, 0.25) is 0 Å². The SMILES string of the molecule is CCC[CH2][Zr]([CH3])([CH3])(=[SiH2])([CH2]CCC)([c]1c(CC)cc(-c2ccccc2)c2ccccc12)[CH]1C(CC)=Cc2ccccc21. The number of unbranched alkanes of at least 4 members (excludes halogenated alkanes) is 2. The summed E-state index contributed by atoms with van der Waals surface area (Å²) in [6.07, 6.45) is 9.83. The van der Waals surface area contributed by atoms with E-state index in [0.717, 1.165) is 12.8 Å². The van der Waals surface area contributed by atoms with Crippen LogP contribution in [-0.2, 0) is 20.9 Å². The van der Waals surface area contributed by atoms with Crippen molar-refractivity contribution in [1.29, 1.82) is 0 Å². The standard InChI is InChI=1S/C18H15.C11H11.2C4H9.2CH3.H2Si.Zr/c1-2-14-12-16-10-6-7-11-17(16)18(13-14)15-8-4-3-5-9-15;1-2-9-7-10-5-3-4-6-11(10)8-9;2*1-3-4-2;;;;/h3-11,13H,2H2,1H3;3-8H,2H2,1H3;2*1,3-4H2,2H3;2*1H3;1H2;. The van der Waals surface area contributed by atoms with Crippen LogP contribution in [0, 0.1) is 0 Å². The van der Waals surface area contributed by atoms with Crippen molar-refractivity contribution in [3.8, 4) is 11.1 Å². The van der Waals surface area contributed by atoms with Crippen LogP contribution in [-0.4, -0.2) is 6.88 Å². The molecule has 4 aromatic rings. The van der Waals surface area contributed by atoms with Gasteiger partial charge in [0.15, 0.2) is 0 Å². The summed E-state index contributed by atoms with van der Waals surface area (Å²) in [5, 5.41) is 2.95. The van der Waals surface area contributed by atoms with Crippen molar-refractivity contribution in [2.75, 3.05) is 0 Å². The van der Waals surface area contributed by atoms with Gasteiger partial charge >= 0.3 is 247 Å². The summed E-state index contributed by atoms with van der Waals surface area (Å²) in [4.78, 5) is 0. The van der Waals surface area contributed by atoms with Crippen molar-refractivity contribution >= 4 is 27.0 Å². The Labute approximate surface area is 245 Å². The van der Waals surface area contributed by atoms with Gasteiger partial charge in [0.05, 0.1) is 0 Å². The Morgan fingerprint density at radius 3 is 1.88 bits per heavy atom. The topological polar surface area (TPSA) is 0 Å². The zero-order chi connectivity index (χ0) is 29.4. The molecule has 0 saturated heterocycles. The van der Waals surface area contributed by atoms with Crippen molar-refractivity contribution in [3.05, 3.63) is 107 Å². The summed E-state index contributed by atoms with van der Waals surface area (Å²) in [7, 11) is 0. The first-order valence-electron chi connectivity index (χ1n) is 16.4. The molecule has 1 aliphatic carbocycles. The first-order valence-corrected chi connectivity index (χ1v) is 33.4. The van der Waals surface area contributed by atoms with E-state index in [0.29, 0.717) is 3.63 Å². The van der Waals surface area contributed by atoms with Crippen LogP contribution in [0.3, 0.4) is 0 Å². The average Bonchev–Trinajstić information content (AvgIpc) is 3.40. The molecule has 0 nitrogen and oxygen atoms in total. The molecule has 0 spiro atoms. The second-order valence-corrected chi connectivity index (χ2v) is 67.9. The van der Waals surface area contributed by atoms with Crippen molar-refractivity contribution in [2.45, 2.75) is 87.4 Å². The van der Waals surface area contributed by atoms with E-state index in [1.54, 1.807) is 20.0 Å². The zero-order valence-corrected chi connectivity index (χ0v) is 30.5. The predicted octanol–water partition coefficient (Wildman–Crippen LogP) is 11.1. The van der Waals surface area contributed by atoms with Gasteiger partial charge in [0.1, 0.15) is 0 Å². The Morgan fingerprint density at radius 2 is 1.27 bits per heavy atom. The molecule has 5 rings (SSSR count). The molecule has 0 saturated carbocycles. The molecular weight excluding hydrogens is 588 g/mol. The van der Waals surface area contributed by atoms with E-state index in [2.05, 4.69) is 135 Å². The van der Waals surface area contributed by atoms with Crippen molar-refractivity contribution < 1.29 is 14.4 Å². The van der Waals surface area contributed by atoms with Crippen molar-refractivity contribution in [2.24, 2.45) is 0 Å². The van der Waals surface area contributed by atoms with E-state index in [1.807, 2.05) is 0 Å². The van der Waals surface area contributed by atoms with Crippen molar-refractivity contribution in [3.63, 3.8) is 0 Å². The van der Waals surface area contributed by atoms with Gasteiger partial charge in [-0.2, -0.15) is 0 Å². The molecule has 0 heterocycles. The maximum atomic E-state index is 2.94. The molecule has 0 amide bonds. The molecule has 4 aromatic carbocycles. The fourth-order valence-corrected chi connectivity index (χ4v) is 48.8. The molecule has 0 N–H and O–H groups in total. The quantitative estimate of drug-likeness (QED) is 0.143. The molecule has 1 unspecified atom stereocenters. The molecule has 41 heavy (non-hydrogen) atoms. The van der Waals surface area contributed by atoms with Gasteiger partial charge in [-0.25, -0.2) is 0 Å². The molecule has 1 atom stereocenters. The number of fused-ring (bicyclic) bond motifs is 2. The van der Waals surface area contributed by atoms with Crippen LogP contribution >= 0.6 is 0 Å². The molecule has 0 aliphatic heterocycles. The molecule has 0 radical (unpaired) electrons. The van der Waals surface area contributed by atoms with Gasteiger partial charge in [0.25, 0.3) is 0 Å². The fraction of sp³-hybridized carbons (Fsp3) is 0.385. The van der Waals surface area contributed by atoms with Crippen LogP contribution in [0.2, 0.25) is 17.5 Å². The van der Waals surface area contributed by atoms with Gasteiger partial charge in [0, 0.05) is 0 Å². The summed E-state index contributed by atoms with van der Waals surface area (Å²) in [6.45, 7) is 12.2. The molecular formula is C39H52SiZr. The van der Waals surface area contributed by atoms with Gasteiger partial charge in [-0.1, -0.05) is 0 Å². The zero-order valence-electron chi connectivity index (χ0n) is 26.6. The molecule has 2 heteroatoms. The number of allylic oxidation sites excluding steroid dienone is 1. The van der Waals surface area contributed by atoms with E-state index in [4.69, 9.17) is 0 Å². The average molecular weight is 640 g/mol. The summed E-state index contributed by atoms with van der Waals surface area (Å²) in [5.74, 6) is 0. The molecule has 216 valence electrons. The summed E-state index contributed by atoms with van der Waals surface area (Å²) >= 11 is -5.09. The van der Waals surface area contributed by atoms with Crippen molar-refractivity contribution in [1.82, 2.24) is 0 Å². The summed E-state index contributed by atoms with van der Waals surface area (Å²) in [5.41, 5.74) is 9.07. The van der Waals surface area contributed by atoms with E-state index >= 15 is 0 Å². The second kappa shape index (κ2) is 10.0. The fourth-order valence-electron chi connectivity index (χ4n) is 9.97. The van der Waals surface area contributed by atoms with Crippen LogP contribution < -0.4 is 3.27 Å².